The highest BCUT2D eigenvalue weighted by Gasteiger charge is 2.16. The number of hydrogen-bond acceptors (Lipinski definition) is 2. The zero-order chi connectivity index (χ0) is 13.1. The summed E-state index contributed by atoms with van der Waals surface area (Å²) in [5, 5.41) is 10.2. The summed E-state index contributed by atoms with van der Waals surface area (Å²) in [5.74, 6) is -0.273. The van der Waals surface area contributed by atoms with Crippen molar-refractivity contribution in [2.45, 2.75) is 13.3 Å². The summed E-state index contributed by atoms with van der Waals surface area (Å²) in [4.78, 5) is 12.3. The van der Waals surface area contributed by atoms with Crippen LogP contribution in [0.5, 0.6) is 5.75 Å². The Morgan fingerprint density at radius 3 is 2.56 bits per heavy atom. The molecule has 0 saturated carbocycles. The number of ketones is 1. The fraction of sp³-hybridized carbons (Fsp3) is 0.133. The molecule has 0 heterocycles. The van der Waals surface area contributed by atoms with E-state index in [0.29, 0.717) is 16.1 Å². The smallest absolute Gasteiger partial charge is 0.198 e. The fourth-order valence-electron chi connectivity index (χ4n) is 1.78. The molecular weight excluding hydrogens is 248 g/mol. The zero-order valence-corrected chi connectivity index (χ0v) is 10.7. The molecule has 0 amide bonds. The lowest BCUT2D eigenvalue weighted by molar-refractivity contribution is 0.103. The van der Waals surface area contributed by atoms with Crippen LogP contribution in [0.25, 0.3) is 0 Å². The lowest BCUT2D eigenvalue weighted by Crippen LogP contribution is -2.03. The molecular formula is C15H13ClO2. The third-order valence-corrected chi connectivity index (χ3v) is 3.16. The fourth-order valence-corrected chi connectivity index (χ4v) is 2.00. The normalized spacial score (nSPS) is 10.3. The lowest BCUT2D eigenvalue weighted by Gasteiger charge is -2.07. The van der Waals surface area contributed by atoms with Crippen LogP contribution in [0.1, 0.15) is 28.4 Å². The van der Waals surface area contributed by atoms with Gasteiger partial charge >= 0.3 is 0 Å². The molecule has 18 heavy (non-hydrogen) atoms. The van der Waals surface area contributed by atoms with Crippen LogP contribution in [0.4, 0.5) is 0 Å². The summed E-state index contributed by atoms with van der Waals surface area (Å²) in [6.45, 7) is 2.00. The predicted molar refractivity (Wildman–Crippen MR) is 72.4 cm³/mol. The van der Waals surface area contributed by atoms with Crippen molar-refractivity contribution in [1.82, 2.24) is 0 Å². The van der Waals surface area contributed by atoms with Gasteiger partial charge in [-0.15, -0.1) is 0 Å². The molecule has 92 valence electrons. The lowest BCUT2D eigenvalue weighted by atomic mass is 9.99. The van der Waals surface area contributed by atoms with Gasteiger partial charge in [-0.3, -0.25) is 4.79 Å². The molecule has 0 saturated heterocycles. The minimum absolute atomic E-state index is 0.0166. The quantitative estimate of drug-likeness (QED) is 0.852. The average molecular weight is 261 g/mol. The number of hydrogen-bond donors (Lipinski definition) is 1. The molecule has 3 heteroatoms. The molecule has 0 spiro atoms. The molecule has 0 aliphatic carbocycles. The van der Waals surface area contributed by atoms with Crippen molar-refractivity contribution in [2.24, 2.45) is 0 Å². The first-order valence-corrected chi connectivity index (χ1v) is 6.12. The van der Waals surface area contributed by atoms with E-state index in [4.69, 9.17) is 11.6 Å². The zero-order valence-electron chi connectivity index (χ0n) is 9.98. The standard InChI is InChI=1S/C15H13ClO2/c1-2-10-7-8-14(17)12(9-10)15(18)11-5-3-4-6-13(11)16/h3-9,17H,2H2,1H3. The van der Waals surface area contributed by atoms with Crippen molar-refractivity contribution in [1.29, 1.82) is 0 Å². The van der Waals surface area contributed by atoms with Crippen LogP contribution in [-0.2, 0) is 6.42 Å². The van der Waals surface area contributed by atoms with Gasteiger partial charge in [0.1, 0.15) is 5.75 Å². The Kier molecular flexibility index (Phi) is 3.68. The van der Waals surface area contributed by atoms with Crippen LogP contribution in [0.3, 0.4) is 0 Å². The van der Waals surface area contributed by atoms with E-state index in [1.807, 2.05) is 6.92 Å². The Labute approximate surface area is 111 Å². The molecule has 1 N–H and O–H groups in total. The first kappa shape index (κ1) is 12.7. The van der Waals surface area contributed by atoms with E-state index in [1.165, 1.54) is 0 Å². The molecule has 0 atom stereocenters. The van der Waals surface area contributed by atoms with Gasteiger partial charge in [0.2, 0.25) is 0 Å². The molecule has 0 aromatic heterocycles. The maximum atomic E-state index is 12.3. The van der Waals surface area contributed by atoms with Gasteiger partial charge in [0.25, 0.3) is 0 Å². The van der Waals surface area contributed by atoms with Crippen LogP contribution in [0.2, 0.25) is 5.02 Å². The number of halogens is 1. The van der Waals surface area contributed by atoms with Crippen molar-refractivity contribution in [2.75, 3.05) is 0 Å². The first-order valence-electron chi connectivity index (χ1n) is 5.74. The van der Waals surface area contributed by atoms with Gasteiger partial charge in [-0.05, 0) is 36.2 Å². The number of aryl methyl sites for hydroxylation is 1. The summed E-state index contributed by atoms with van der Waals surface area (Å²) in [6.07, 6.45) is 0.809. The van der Waals surface area contributed by atoms with E-state index in [2.05, 4.69) is 0 Å². The first-order chi connectivity index (χ1) is 8.63. The minimum Gasteiger partial charge on any atom is -0.507 e. The van der Waals surface area contributed by atoms with Crippen molar-refractivity contribution >= 4 is 17.4 Å². The second-order valence-corrected chi connectivity index (χ2v) is 4.42. The third-order valence-electron chi connectivity index (χ3n) is 2.83. The van der Waals surface area contributed by atoms with Crippen LogP contribution in [0, 0.1) is 0 Å². The highest BCUT2D eigenvalue weighted by Crippen LogP contribution is 2.25. The van der Waals surface area contributed by atoms with Gasteiger partial charge < -0.3 is 5.11 Å². The van der Waals surface area contributed by atoms with Gasteiger partial charge in [0.15, 0.2) is 5.78 Å². The number of rotatable bonds is 3. The molecule has 2 nitrogen and oxygen atoms in total. The molecule has 0 unspecified atom stereocenters. The highest BCUT2D eigenvalue weighted by atomic mass is 35.5. The maximum absolute atomic E-state index is 12.3. The summed E-state index contributed by atoms with van der Waals surface area (Å²) >= 11 is 5.99. The van der Waals surface area contributed by atoms with Crippen LogP contribution >= 0.6 is 11.6 Å². The Balaban J connectivity index is 2.49. The maximum Gasteiger partial charge on any atom is 0.198 e. The van der Waals surface area contributed by atoms with Gasteiger partial charge in [0, 0.05) is 5.56 Å². The van der Waals surface area contributed by atoms with Gasteiger partial charge in [-0.2, -0.15) is 0 Å². The second kappa shape index (κ2) is 5.23. The number of carbonyl (C=O) groups is 1. The van der Waals surface area contributed by atoms with Crippen LogP contribution < -0.4 is 0 Å². The van der Waals surface area contributed by atoms with E-state index in [1.54, 1.807) is 42.5 Å². The number of aromatic hydroxyl groups is 1. The largest absolute Gasteiger partial charge is 0.507 e. The highest BCUT2D eigenvalue weighted by molar-refractivity contribution is 6.35. The predicted octanol–water partition coefficient (Wildman–Crippen LogP) is 3.84. The van der Waals surface area contributed by atoms with Gasteiger partial charge in [-0.1, -0.05) is 36.7 Å². The molecule has 0 aliphatic rings. The van der Waals surface area contributed by atoms with Gasteiger partial charge in [-0.25, -0.2) is 0 Å². The van der Waals surface area contributed by atoms with Crippen molar-refractivity contribution in [3.63, 3.8) is 0 Å². The molecule has 2 rings (SSSR count). The summed E-state index contributed by atoms with van der Waals surface area (Å²) in [6, 6.07) is 11.9. The third kappa shape index (κ3) is 2.39. The van der Waals surface area contributed by atoms with Gasteiger partial charge in [0.05, 0.1) is 10.6 Å². The topological polar surface area (TPSA) is 37.3 Å². The summed E-state index contributed by atoms with van der Waals surface area (Å²) in [5.41, 5.74) is 1.70. The van der Waals surface area contributed by atoms with E-state index in [9.17, 15) is 9.90 Å². The Bertz CT molecular complexity index is 591. The van der Waals surface area contributed by atoms with Crippen molar-refractivity contribution in [3.8, 4) is 5.75 Å². The van der Waals surface area contributed by atoms with Crippen LogP contribution in [0.15, 0.2) is 42.5 Å². The molecule has 0 bridgehead atoms. The molecule has 0 aliphatic heterocycles. The van der Waals surface area contributed by atoms with Crippen molar-refractivity contribution < 1.29 is 9.90 Å². The molecule has 2 aromatic rings. The second-order valence-electron chi connectivity index (χ2n) is 4.01. The Morgan fingerprint density at radius 2 is 1.89 bits per heavy atom. The summed E-state index contributed by atoms with van der Waals surface area (Å²) in [7, 11) is 0. The molecule has 2 aromatic carbocycles. The number of phenols is 1. The van der Waals surface area contributed by atoms with Crippen LogP contribution in [-0.4, -0.2) is 10.9 Å². The number of benzene rings is 2. The minimum atomic E-state index is -0.256. The Morgan fingerprint density at radius 1 is 1.17 bits per heavy atom. The monoisotopic (exact) mass is 260 g/mol. The molecule has 0 radical (unpaired) electrons. The van der Waals surface area contributed by atoms with E-state index < -0.39 is 0 Å². The van der Waals surface area contributed by atoms with E-state index >= 15 is 0 Å². The molecule has 0 fully saturated rings. The SMILES string of the molecule is CCc1ccc(O)c(C(=O)c2ccccc2Cl)c1. The average Bonchev–Trinajstić information content (AvgIpc) is 2.39. The number of carbonyl (C=O) groups excluding carboxylic acids is 1. The Hall–Kier alpha value is -1.80. The number of phenolic OH excluding ortho intramolecular Hbond substituents is 1. The van der Waals surface area contributed by atoms with E-state index in [-0.39, 0.29) is 11.5 Å². The van der Waals surface area contributed by atoms with Crippen molar-refractivity contribution in [3.05, 3.63) is 64.2 Å². The van der Waals surface area contributed by atoms with E-state index in [0.717, 1.165) is 12.0 Å². The summed E-state index contributed by atoms with van der Waals surface area (Å²) < 4.78 is 0.